The topological polar surface area (TPSA) is 63.9 Å². The Kier molecular flexibility index (Phi) is 6.94. The van der Waals surface area contributed by atoms with Gasteiger partial charge in [-0.2, -0.15) is 0 Å². The lowest BCUT2D eigenvalue weighted by atomic mass is 9.89. The van der Waals surface area contributed by atoms with E-state index in [0.29, 0.717) is 25.7 Å². The quantitative estimate of drug-likeness (QED) is 0.506. The first-order chi connectivity index (χ1) is 16.6. The first kappa shape index (κ1) is 23.0. The molecule has 1 aromatic heterocycles. The normalized spacial score (nSPS) is 18.1. The number of aromatic nitrogens is 1. The van der Waals surface area contributed by atoms with E-state index in [-0.39, 0.29) is 11.9 Å². The van der Waals surface area contributed by atoms with Crippen molar-refractivity contribution >= 4 is 16.9 Å². The summed E-state index contributed by atoms with van der Waals surface area (Å²) in [5, 5.41) is 10.5. The van der Waals surface area contributed by atoms with Crippen LogP contribution in [-0.4, -0.2) is 53.1 Å². The van der Waals surface area contributed by atoms with Crippen molar-refractivity contribution in [3.63, 3.8) is 0 Å². The Balaban J connectivity index is 1.23. The molecule has 0 unspecified atom stereocenters. The van der Waals surface area contributed by atoms with Crippen molar-refractivity contribution < 1.29 is 23.8 Å². The van der Waals surface area contributed by atoms with Crippen LogP contribution in [0.15, 0.2) is 48.7 Å². The molecule has 2 aliphatic rings. The lowest BCUT2D eigenvalue weighted by molar-refractivity contribution is -0.0482. The second kappa shape index (κ2) is 10.3. The number of hydrogen-bond donors (Lipinski definition) is 1. The molecule has 0 radical (unpaired) electrons. The molecule has 180 valence electrons. The third-order valence-electron chi connectivity index (χ3n) is 7.04. The van der Waals surface area contributed by atoms with Crippen LogP contribution >= 0.6 is 0 Å². The third-order valence-corrected chi connectivity index (χ3v) is 7.04. The Hall–Kier alpha value is -2.74. The Morgan fingerprint density at radius 2 is 1.85 bits per heavy atom. The predicted molar refractivity (Wildman–Crippen MR) is 127 cm³/mol. The van der Waals surface area contributed by atoms with Crippen molar-refractivity contribution in [2.45, 2.75) is 51.0 Å². The summed E-state index contributed by atoms with van der Waals surface area (Å²) >= 11 is 0. The number of aryl methyl sites for hydroxylation is 1. The van der Waals surface area contributed by atoms with Gasteiger partial charge in [-0.1, -0.05) is 24.3 Å². The molecular formula is C27H31FN2O4. The van der Waals surface area contributed by atoms with Crippen LogP contribution in [0.1, 0.15) is 53.1 Å². The number of fused-ring (bicyclic) bond motifs is 1. The zero-order valence-corrected chi connectivity index (χ0v) is 19.3. The number of para-hydroxylation sites is 1. The van der Waals surface area contributed by atoms with Gasteiger partial charge in [0.15, 0.2) is 6.29 Å². The Morgan fingerprint density at radius 1 is 1.09 bits per heavy atom. The predicted octanol–water partition coefficient (Wildman–Crippen LogP) is 5.01. The third kappa shape index (κ3) is 5.02. The molecule has 2 saturated heterocycles. The number of halogens is 1. The maximum Gasteiger partial charge on any atom is 0.338 e. The van der Waals surface area contributed by atoms with Crippen molar-refractivity contribution in [1.82, 2.24) is 9.47 Å². The molecule has 1 N–H and O–H groups in total. The fraction of sp³-hybridized carbons (Fsp3) is 0.444. The van der Waals surface area contributed by atoms with Crippen LogP contribution in [0.4, 0.5) is 4.39 Å². The summed E-state index contributed by atoms with van der Waals surface area (Å²) in [7, 11) is 0. The molecule has 0 saturated carbocycles. The molecule has 6 nitrogen and oxygen atoms in total. The van der Waals surface area contributed by atoms with E-state index in [1.54, 1.807) is 6.07 Å². The number of rotatable bonds is 8. The van der Waals surface area contributed by atoms with Crippen LogP contribution in [0.2, 0.25) is 0 Å². The number of piperidine rings is 1. The van der Waals surface area contributed by atoms with Crippen molar-refractivity contribution in [2.75, 3.05) is 26.3 Å². The minimum absolute atomic E-state index is 0.0571. The van der Waals surface area contributed by atoms with E-state index in [2.05, 4.69) is 39.9 Å². The van der Waals surface area contributed by atoms with Gasteiger partial charge in [-0.25, -0.2) is 9.18 Å². The maximum atomic E-state index is 13.7. The molecule has 0 bridgehead atoms. The van der Waals surface area contributed by atoms with Gasteiger partial charge >= 0.3 is 5.97 Å². The van der Waals surface area contributed by atoms with Crippen molar-refractivity contribution in [3.8, 4) is 0 Å². The van der Waals surface area contributed by atoms with E-state index in [1.807, 2.05) is 0 Å². The van der Waals surface area contributed by atoms with E-state index in [4.69, 9.17) is 9.47 Å². The van der Waals surface area contributed by atoms with Crippen LogP contribution in [0, 0.1) is 5.82 Å². The van der Waals surface area contributed by atoms with Gasteiger partial charge in [0.25, 0.3) is 0 Å². The monoisotopic (exact) mass is 466 g/mol. The number of carbonyl (C=O) groups is 1. The molecule has 7 heteroatoms. The second-order valence-corrected chi connectivity index (χ2v) is 9.28. The molecule has 3 aromatic rings. The minimum atomic E-state index is -1.22. The van der Waals surface area contributed by atoms with E-state index >= 15 is 0 Å². The number of aromatic carboxylic acids is 1. The largest absolute Gasteiger partial charge is 0.478 e. The molecule has 0 spiro atoms. The highest BCUT2D eigenvalue weighted by Crippen LogP contribution is 2.35. The van der Waals surface area contributed by atoms with Crippen LogP contribution in [-0.2, 0) is 22.6 Å². The Labute approximate surface area is 198 Å². The average Bonchev–Trinajstić information content (AvgIpc) is 3.49. The van der Waals surface area contributed by atoms with Crippen LogP contribution in [0.3, 0.4) is 0 Å². The summed E-state index contributed by atoms with van der Waals surface area (Å²) < 4.78 is 27.2. The van der Waals surface area contributed by atoms with Gasteiger partial charge in [-0.15, -0.1) is 0 Å². The smallest absolute Gasteiger partial charge is 0.338 e. The fourth-order valence-electron chi connectivity index (χ4n) is 5.28. The molecule has 2 fully saturated rings. The van der Waals surface area contributed by atoms with Gasteiger partial charge in [0.05, 0.1) is 18.8 Å². The van der Waals surface area contributed by atoms with Gasteiger partial charge in [0.1, 0.15) is 5.82 Å². The van der Waals surface area contributed by atoms with E-state index in [0.717, 1.165) is 50.9 Å². The summed E-state index contributed by atoms with van der Waals surface area (Å²) in [5.41, 5.74) is 3.27. The van der Waals surface area contributed by atoms with Gasteiger partial charge in [0, 0.05) is 36.6 Å². The van der Waals surface area contributed by atoms with Crippen molar-refractivity contribution in [1.29, 1.82) is 0 Å². The molecule has 0 atom stereocenters. The van der Waals surface area contributed by atoms with Gasteiger partial charge in [-0.05, 0) is 67.6 Å². The summed E-state index contributed by atoms with van der Waals surface area (Å²) in [6.45, 7) is 4.84. The molecule has 34 heavy (non-hydrogen) atoms. The molecule has 2 aliphatic heterocycles. The number of carboxylic acids is 1. The number of ether oxygens (including phenoxy) is 2. The lowest BCUT2D eigenvalue weighted by Gasteiger charge is -2.32. The highest BCUT2D eigenvalue weighted by atomic mass is 19.1. The number of hydrogen-bond acceptors (Lipinski definition) is 4. The summed E-state index contributed by atoms with van der Waals surface area (Å²) in [6, 6.07) is 13.0. The zero-order valence-electron chi connectivity index (χ0n) is 19.3. The molecule has 0 aliphatic carbocycles. The molecule has 3 heterocycles. The second-order valence-electron chi connectivity index (χ2n) is 9.28. The van der Waals surface area contributed by atoms with Crippen molar-refractivity contribution in [2.24, 2.45) is 0 Å². The number of nitrogens with zero attached hydrogens (tertiary/aromatic N) is 2. The first-order valence-electron chi connectivity index (χ1n) is 12.1. The zero-order chi connectivity index (χ0) is 23.5. The van der Waals surface area contributed by atoms with Crippen LogP contribution in [0.5, 0.6) is 0 Å². The standard InChI is InChI=1S/C27H31FN2O4/c28-24-8-7-19(16-22(24)27(31)32)17-29-12-9-20(10-13-29)23-18-30(25-5-2-1-4-21(23)25)11-3-6-26-33-14-15-34-26/h1-2,4-5,7-8,16,18,20,26H,3,6,9-15,17H2,(H,31,32). The highest BCUT2D eigenvalue weighted by Gasteiger charge is 2.24. The van der Waals surface area contributed by atoms with Gasteiger partial charge in [-0.3, -0.25) is 4.90 Å². The SMILES string of the molecule is O=C(O)c1cc(CN2CCC(c3cn(CCCC4OCCO4)c4ccccc34)CC2)ccc1F. The molecule has 0 amide bonds. The lowest BCUT2D eigenvalue weighted by Crippen LogP contribution is -2.32. The van der Waals surface area contributed by atoms with Crippen molar-refractivity contribution in [3.05, 3.63) is 71.2 Å². The molecule has 2 aromatic carbocycles. The van der Waals surface area contributed by atoms with Crippen LogP contribution in [0.25, 0.3) is 10.9 Å². The minimum Gasteiger partial charge on any atom is -0.478 e. The average molecular weight is 467 g/mol. The van der Waals surface area contributed by atoms with E-state index < -0.39 is 11.8 Å². The number of benzene rings is 2. The summed E-state index contributed by atoms with van der Waals surface area (Å²) in [6.07, 6.45) is 6.29. The summed E-state index contributed by atoms with van der Waals surface area (Å²) in [5.74, 6) is -1.42. The molecule has 5 rings (SSSR count). The Bertz CT molecular complexity index is 1150. The van der Waals surface area contributed by atoms with Gasteiger partial charge < -0.3 is 19.1 Å². The van der Waals surface area contributed by atoms with Gasteiger partial charge in [0.2, 0.25) is 0 Å². The Morgan fingerprint density at radius 3 is 2.62 bits per heavy atom. The van der Waals surface area contributed by atoms with E-state index in [9.17, 15) is 14.3 Å². The maximum absolute atomic E-state index is 13.7. The van der Waals surface area contributed by atoms with Crippen LogP contribution < -0.4 is 0 Å². The number of likely N-dealkylation sites (tertiary alicyclic amines) is 1. The first-order valence-corrected chi connectivity index (χ1v) is 12.1. The highest BCUT2D eigenvalue weighted by molar-refractivity contribution is 5.88. The van der Waals surface area contributed by atoms with E-state index in [1.165, 1.54) is 28.6 Å². The summed E-state index contributed by atoms with van der Waals surface area (Å²) in [4.78, 5) is 13.6. The molecular weight excluding hydrogens is 435 g/mol. The fourth-order valence-corrected chi connectivity index (χ4v) is 5.28. The number of carboxylic acid groups (broad SMARTS) is 1.